The highest BCUT2D eigenvalue weighted by Gasteiger charge is 2.30. The number of phenolic OH excluding ortho intramolecular Hbond substituents is 1. The van der Waals surface area contributed by atoms with Gasteiger partial charge in [0.2, 0.25) is 0 Å². The van der Waals surface area contributed by atoms with Crippen LogP contribution < -0.4 is 0 Å². The molecule has 0 fully saturated rings. The lowest BCUT2D eigenvalue weighted by Crippen LogP contribution is -2.22. The van der Waals surface area contributed by atoms with E-state index in [4.69, 9.17) is 0 Å². The second-order valence-corrected chi connectivity index (χ2v) is 5.78. The van der Waals surface area contributed by atoms with Crippen LogP contribution in [0.2, 0.25) is 0 Å². The molecule has 0 amide bonds. The lowest BCUT2D eigenvalue weighted by Gasteiger charge is -2.22. The Morgan fingerprint density at radius 1 is 1.47 bits per heavy atom. The monoisotopic (exact) mass is 224 g/mol. The number of phenols is 1. The molecule has 2 N–H and O–H groups in total. The Bertz CT molecular complexity index is 368. The van der Waals surface area contributed by atoms with Crippen molar-refractivity contribution < 1.29 is 10.2 Å². The quantitative estimate of drug-likeness (QED) is 0.811. The minimum atomic E-state index is -0.672. The first-order valence-corrected chi connectivity index (χ1v) is 6.13. The molecule has 1 aromatic rings. The predicted octanol–water partition coefficient (Wildman–Crippen LogP) is 2.74. The third-order valence-corrected chi connectivity index (χ3v) is 3.87. The standard InChI is InChI=1S/C12H16O2S/c1-12(2,14)6-8-7-15-10-5-3-4-9(13)11(8)10/h3-5,8,13-14H,6-7H2,1-2H3. The molecule has 0 radical (unpaired) electrons. The van der Waals surface area contributed by atoms with E-state index in [2.05, 4.69) is 0 Å². The van der Waals surface area contributed by atoms with Crippen molar-refractivity contribution in [1.82, 2.24) is 0 Å². The Balaban J connectivity index is 2.28. The SMILES string of the molecule is CC(C)(O)CC1CSc2cccc(O)c21. The fourth-order valence-corrected chi connectivity index (χ4v) is 3.37. The second-order valence-electron chi connectivity index (χ2n) is 4.71. The smallest absolute Gasteiger partial charge is 0.120 e. The predicted molar refractivity (Wildman–Crippen MR) is 62.5 cm³/mol. The van der Waals surface area contributed by atoms with Gasteiger partial charge in [0.1, 0.15) is 5.75 Å². The molecule has 82 valence electrons. The molecular weight excluding hydrogens is 208 g/mol. The summed E-state index contributed by atoms with van der Waals surface area (Å²) in [5.74, 6) is 1.59. The molecule has 0 spiro atoms. The van der Waals surface area contributed by atoms with E-state index < -0.39 is 5.60 Å². The summed E-state index contributed by atoms with van der Waals surface area (Å²) < 4.78 is 0. The molecule has 3 heteroatoms. The largest absolute Gasteiger partial charge is 0.508 e. The normalized spacial score (nSPS) is 20.3. The highest BCUT2D eigenvalue weighted by molar-refractivity contribution is 7.99. The van der Waals surface area contributed by atoms with Crippen LogP contribution in [-0.2, 0) is 0 Å². The topological polar surface area (TPSA) is 40.5 Å². The molecule has 2 nitrogen and oxygen atoms in total. The molecule has 0 saturated heterocycles. The number of benzene rings is 1. The number of rotatable bonds is 2. The van der Waals surface area contributed by atoms with Gasteiger partial charge in [-0.25, -0.2) is 0 Å². The van der Waals surface area contributed by atoms with Crippen LogP contribution in [0.3, 0.4) is 0 Å². The summed E-state index contributed by atoms with van der Waals surface area (Å²) in [6, 6.07) is 5.62. The summed E-state index contributed by atoms with van der Waals surface area (Å²) in [6.45, 7) is 3.63. The third kappa shape index (κ3) is 2.29. The van der Waals surface area contributed by atoms with Crippen molar-refractivity contribution in [2.75, 3.05) is 5.75 Å². The van der Waals surface area contributed by atoms with Crippen LogP contribution in [-0.4, -0.2) is 21.6 Å². The zero-order valence-corrected chi connectivity index (χ0v) is 9.84. The number of hydrogen-bond acceptors (Lipinski definition) is 3. The molecule has 2 rings (SSSR count). The first-order valence-electron chi connectivity index (χ1n) is 5.14. The molecule has 1 atom stereocenters. The van der Waals surface area contributed by atoms with Gasteiger partial charge in [-0.15, -0.1) is 11.8 Å². The molecule has 0 aromatic heterocycles. The van der Waals surface area contributed by atoms with Gasteiger partial charge in [0.05, 0.1) is 5.60 Å². The van der Waals surface area contributed by atoms with Crippen LogP contribution in [0.25, 0.3) is 0 Å². The average molecular weight is 224 g/mol. The maximum Gasteiger partial charge on any atom is 0.120 e. The van der Waals surface area contributed by atoms with E-state index in [1.54, 1.807) is 17.8 Å². The van der Waals surface area contributed by atoms with Crippen molar-refractivity contribution in [3.05, 3.63) is 23.8 Å². The van der Waals surface area contributed by atoms with Crippen molar-refractivity contribution in [2.45, 2.75) is 36.7 Å². The summed E-state index contributed by atoms with van der Waals surface area (Å²) in [5, 5.41) is 19.6. The van der Waals surface area contributed by atoms with Crippen LogP contribution >= 0.6 is 11.8 Å². The summed E-state index contributed by atoms with van der Waals surface area (Å²) in [5.41, 5.74) is 0.347. The number of hydrogen-bond donors (Lipinski definition) is 2. The van der Waals surface area contributed by atoms with Gasteiger partial charge in [-0.3, -0.25) is 0 Å². The molecule has 1 aliphatic heterocycles. The fourth-order valence-electron chi connectivity index (χ4n) is 2.11. The van der Waals surface area contributed by atoms with Gasteiger partial charge in [0.25, 0.3) is 0 Å². The summed E-state index contributed by atoms with van der Waals surface area (Å²) >= 11 is 1.76. The first-order chi connectivity index (χ1) is 6.97. The Labute approximate surface area is 94.3 Å². The Hall–Kier alpha value is -0.670. The van der Waals surface area contributed by atoms with Crippen LogP contribution in [0.15, 0.2) is 23.1 Å². The minimum Gasteiger partial charge on any atom is -0.508 e. The van der Waals surface area contributed by atoms with Crippen molar-refractivity contribution in [2.24, 2.45) is 0 Å². The van der Waals surface area contributed by atoms with Crippen LogP contribution in [0, 0.1) is 0 Å². The van der Waals surface area contributed by atoms with Crippen molar-refractivity contribution in [3.63, 3.8) is 0 Å². The van der Waals surface area contributed by atoms with E-state index >= 15 is 0 Å². The maximum absolute atomic E-state index is 9.80. The molecule has 0 saturated carbocycles. The number of thioether (sulfide) groups is 1. The molecule has 1 aliphatic rings. The van der Waals surface area contributed by atoms with Gasteiger partial charge in [-0.1, -0.05) is 6.07 Å². The molecule has 1 aromatic carbocycles. The Kier molecular flexibility index (Phi) is 2.69. The molecule has 15 heavy (non-hydrogen) atoms. The maximum atomic E-state index is 9.80. The first kappa shape index (κ1) is 10.8. The summed E-state index contributed by atoms with van der Waals surface area (Å²) in [6.07, 6.45) is 0.699. The zero-order chi connectivity index (χ0) is 11.1. The van der Waals surface area contributed by atoms with E-state index in [-0.39, 0.29) is 5.92 Å². The van der Waals surface area contributed by atoms with Gasteiger partial charge >= 0.3 is 0 Å². The summed E-state index contributed by atoms with van der Waals surface area (Å²) in [4.78, 5) is 1.16. The van der Waals surface area contributed by atoms with E-state index in [1.165, 1.54) is 0 Å². The van der Waals surface area contributed by atoms with Crippen LogP contribution in [0.1, 0.15) is 31.7 Å². The van der Waals surface area contributed by atoms with Crippen LogP contribution in [0.5, 0.6) is 5.75 Å². The third-order valence-electron chi connectivity index (χ3n) is 2.64. The summed E-state index contributed by atoms with van der Waals surface area (Å²) in [7, 11) is 0. The number of aliphatic hydroxyl groups is 1. The Morgan fingerprint density at radius 3 is 2.87 bits per heavy atom. The highest BCUT2D eigenvalue weighted by atomic mass is 32.2. The van der Waals surface area contributed by atoms with E-state index in [0.29, 0.717) is 12.2 Å². The average Bonchev–Trinajstić information content (AvgIpc) is 2.47. The molecular formula is C12H16O2S. The van der Waals surface area contributed by atoms with Crippen molar-refractivity contribution >= 4 is 11.8 Å². The van der Waals surface area contributed by atoms with Gasteiger partial charge < -0.3 is 10.2 Å². The van der Waals surface area contributed by atoms with E-state index in [9.17, 15) is 10.2 Å². The van der Waals surface area contributed by atoms with E-state index in [1.807, 2.05) is 26.0 Å². The molecule has 1 unspecified atom stereocenters. The van der Waals surface area contributed by atoms with Gasteiger partial charge in [-0.05, 0) is 32.4 Å². The second kappa shape index (κ2) is 3.72. The lowest BCUT2D eigenvalue weighted by atomic mass is 9.89. The van der Waals surface area contributed by atoms with Crippen molar-refractivity contribution in [3.8, 4) is 5.75 Å². The molecule has 1 heterocycles. The van der Waals surface area contributed by atoms with E-state index in [0.717, 1.165) is 16.2 Å². The molecule has 0 aliphatic carbocycles. The minimum absolute atomic E-state index is 0.270. The number of fused-ring (bicyclic) bond motifs is 1. The van der Waals surface area contributed by atoms with Crippen LogP contribution in [0.4, 0.5) is 0 Å². The molecule has 0 bridgehead atoms. The lowest BCUT2D eigenvalue weighted by molar-refractivity contribution is 0.0651. The number of aromatic hydroxyl groups is 1. The van der Waals surface area contributed by atoms with Gasteiger partial charge in [0.15, 0.2) is 0 Å². The fraction of sp³-hybridized carbons (Fsp3) is 0.500. The highest BCUT2D eigenvalue weighted by Crippen LogP contribution is 2.46. The zero-order valence-electron chi connectivity index (χ0n) is 9.03. The Morgan fingerprint density at radius 2 is 2.20 bits per heavy atom. The van der Waals surface area contributed by atoms with Crippen molar-refractivity contribution in [1.29, 1.82) is 0 Å². The van der Waals surface area contributed by atoms with Gasteiger partial charge in [0, 0.05) is 22.1 Å². The van der Waals surface area contributed by atoms with Gasteiger partial charge in [-0.2, -0.15) is 0 Å².